The summed E-state index contributed by atoms with van der Waals surface area (Å²) in [5.41, 5.74) is 4.35. The van der Waals surface area contributed by atoms with Crippen LogP contribution in [-0.4, -0.2) is 29.8 Å². The van der Waals surface area contributed by atoms with E-state index >= 15 is 0 Å². The average Bonchev–Trinajstić information content (AvgIpc) is 2.84. The van der Waals surface area contributed by atoms with Gasteiger partial charge in [-0.1, -0.05) is 91.9 Å². The van der Waals surface area contributed by atoms with Crippen LogP contribution in [0.4, 0.5) is 0 Å². The van der Waals surface area contributed by atoms with Crippen molar-refractivity contribution in [1.82, 2.24) is 10.2 Å². The number of hydrogen-bond acceptors (Lipinski definition) is 2. The lowest BCUT2D eigenvalue weighted by Crippen LogP contribution is -2.48. The first kappa shape index (κ1) is 23.3. The lowest BCUT2D eigenvalue weighted by Gasteiger charge is -2.32. The lowest BCUT2D eigenvalue weighted by atomic mass is 9.88. The topological polar surface area (TPSA) is 49.4 Å². The normalized spacial score (nSPS) is 11.8. The molecule has 166 valence electrons. The summed E-state index contributed by atoms with van der Waals surface area (Å²) < 4.78 is 0. The first-order valence-corrected chi connectivity index (χ1v) is 11.2. The Labute approximate surface area is 191 Å². The van der Waals surface area contributed by atoms with Crippen LogP contribution in [0.2, 0.25) is 0 Å². The van der Waals surface area contributed by atoms with Gasteiger partial charge in [0.2, 0.25) is 11.8 Å². The molecule has 4 nitrogen and oxygen atoms in total. The van der Waals surface area contributed by atoms with Crippen LogP contribution in [-0.2, 0) is 16.1 Å². The van der Waals surface area contributed by atoms with Gasteiger partial charge in [-0.3, -0.25) is 9.59 Å². The maximum absolute atomic E-state index is 13.8. The standard InChI is InChI=1S/C28H32N2O2/c1-4-26(28(32)29-3)30(20-24-18-12-11-13-21(24)2)27(31)19-25(22-14-7-5-8-15-22)23-16-9-6-10-17-23/h5-18,25-26H,4,19-20H2,1-3H3,(H,29,32)/t26-/m1/s1. The summed E-state index contributed by atoms with van der Waals surface area (Å²) in [7, 11) is 1.62. The third kappa shape index (κ3) is 5.64. The summed E-state index contributed by atoms with van der Waals surface area (Å²) in [5.74, 6) is -0.238. The first-order valence-electron chi connectivity index (χ1n) is 11.2. The zero-order valence-electron chi connectivity index (χ0n) is 19.1. The SMILES string of the molecule is CC[C@H](C(=O)NC)N(Cc1ccccc1C)C(=O)CC(c1ccccc1)c1ccccc1. The highest BCUT2D eigenvalue weighted by Gasteiger charge is 2.30. The number of benzene rings is 3. The third-order valence-electron chi connectivity index (χ3n) is 6.02. The number of carbonyl (C=O) groups excluding carboxylic acids is 2. The summed E-state index contributed by atoms with van der Waals surface area (Å²) in [4.78, 5) is 28.2. The lowest BCUT2D eigenvalue weighted by molar-refractivity contribution is -0.141. The Morgan fingerprint density at radius 3 is 1.88 bits per heavy atom. The highest BCUT2D eigenvalue weighted by molar-refractivity contribution is 5.88. The van der Waals surface area contributed by atoms with Crippen molar-refractivity contribution in [3.8, 4) is 0 Å². The van der Waals surface area contributed by atoms with Crippen molar-refractivity contribution in [2.24, 2.45) is 0 Å². The molecule has 2 amide bonds. The van der Waals surface area contributed by atoms with Crippen LogP contribution >= 0.6 is 0 Å². The molecule has 0 aliphatic heterocycles. The molecule has 0 aliphatic carbocycles. The Balaban J connectivity index is 1.96. The van der Waals surface area contributed by atoms with Crippen LogP contribution in [0, 0.1) is 6.92 Å². The van der Waals surface area contributed by atoms with Crippen molar-refractivity contribution in [3.05, 3.63) is 107 Å². The number of nitrogens with one attached hydrogen (secondary N) is 1. The van der Waals surface area contributed by atoms with Crippen LogP contribution in [0.25, 0.3) is 0 Å². The van der Waals surface area contributed by atoms with E-state index < -0.39 is 6.04 Å². The van der Waals surface area contributed by atoms with Crippen molar-refractivity contribution in [1.29, 1.82) is 0 Å². The van der Waals surface area contributed by atoms with E-state index in [0.717, 1.165) is 22.3 Å². The number of hydrogen-bond donors (Lipinski definition) is 1. The minimum atomic E-state index is -0.515. The summed E-state index contributed by atoms with van der Waals surface area (Å²) in [5, 5.41) is 2.74. The van der Waals surface area contributed by atoms with Crippen molar-refractivity contribution in [3.63, 3.8) is 0 Å². The zero-order chi connectivity index (χ0) is 22.9. The fourth-order valence-electron chi connectivity index (χ4n) is 4.15. The monoisotopic (exact) mass is 428 g/mol. The van der Waals surface area contributed by atoms with E-state index in [2.05, 4.69) is 29.6 Å². The Kier molecular flexibility index (Phi) is 8.20. The summed E-state index contributed by atoms with van der Waals surface area (Å²) in [6.45, 7) is 4.40. The predicted molar refractivity (Wildman–Crippen MR) is 129 cm³/mol. The Hall–Kier alpha value is -3.40. The number of rotatable bonds is 9. The minimum Gasteiger partial charge on any atom is -0.357 e. The second-order valence-electron chi connectivity index (χ2n) is 8.06. The zero-order valence-corrected chi connectivity index (χ0v) is 19.1. The average molecular weight is 429 g/mol. The van der Waals surface area contributed by atoms with Gasteiger partial charge in [0.1, 0.15) is 6.04 Å². The van der Waals surface area contributed by atoms with Gasteiger partial charge in [0.15, 0.2) is 0 Å². The maximum atomic E-state index is 13.8. The molecular weight excluding hydrogens is 396 g/mol. The maximum Gasteiger partial charge on any atom is 0.242 e. The molecule has 0 radical (unpaired) electrons. The molecule has 0 aliphatic rings. The van der Waals surface area contributed by atoms with Gasteiger partial charge in [0, 0.05) is 25.9 Å². The summed E-state index contributed by atoms with van der Waals surface area (Å²) in [6.07, 6.45) is 0.853. The molecule has 3 rings (SSSR count). The van der Waals surface area contributed by atoms with E-state index in [1.807, 2.05) is 74.5 Å². The van der Waals surface area contributed by atoms with Gasteiger partial charge in [-0.15, -0.1) is 0 Å². The van der Waals surface area contributed by atoms with Crippen molar-refractivity contribution >= 4 is 11.8 Å². The highest BCUT2D eigenvalue weighted by atomic mass is 16.2. The molecular formula is C28H32N2O2. The minimum absolute atomic E-state index is 0.0265. The Morgan fingerprint density at radius 2 is 1.38 bits per heavy atom. The van der Waals surface area contributed by atoms with E-state index in [1.54, 1.807) is 11.9 Å². The summed E-state index contributed by atoms with van der Waals surface area (Å²) >= 11 is 0. The van der Waals surface area contributed by atoms with Crippen LogP contribution in [0.5, 0.6) is 0 Å². The van der Waals surface area contributed by atoms with E-state index in [0.29, 0.717) is 19.4 Å². The molecule has 32 heavy (non-hydrogen) atoms. The fraction of sp³-hybridized carbons (Fsp3) is 0.286. The summed E-state index contributed by atoms with van der Waals surface area (Å²) in [6, 6.07) is 27.7. The second kappa shape index (κ2) is 11.3. The van der Waals surface area contributed by atoms with Crippen molar-refractivity contribution in [2.45, 2.75) is 45.2 Å². The molecule has 4 heteroatoms. The highest BCUT2D eigenvalue weighted by Crippen LogP contribution is 2.29. The van der Waals surface area contributed by atoms with Crippen LogP contribution < -0.4 is 5.32 Å². The van der Waals surface area contributed by atoms with E-state index in [9.17, 15) is 9.59 Å². The Morgan fingerprint density at radius 1 is 0.844 bits per heavy atom. The molecule has 0 unspecified atom stereocenters. The largest absolute Gasteiger partial charge is 0.357 e. The number of likely N-dealkylation sites (N-methyl/N-ethyl adjacent to an activating group) is 1. The number of nitrogens with zero attached hydrogens (tertiary/aromatic N) is 1. The number of carbonyl (C=O) groups is 2. The Bertz CT molecular complexity index is 978. The van der Waals surface area contributed by atoms with E-state index in [-0.39, 0.29) is 17.7 Å². The third-order valence-corrected chi connectivity index (χ3v) is 6.02. The molecule has 0 saturated heterocycles. The fourth-order valence-corrected chi connectivity index (χ4v) is 4.15. The van der Waals surface area contributed by atoms with Gasteiger partial charge in [-0.25, -0.2) is 0 Å². The van der Waals surface area contributed by atoms with Gasteiger partial charge in [-0.05, 0) is 35.6 Å². The number of amides is 2. The van der Waals surface area contributed by atoms with Crippen molar-refractivity contribution in [2.75, 3.05) is 7.05 Å². The van der Waals surface area contributed by atoms with Gasteiger partial charge < -0.3 is 10.2 Å². The molecule has 0 fully saturated rings. The van der Waals surface area contributed by atoms with Crippen LogP contribution in [0.3, 0.4) is 0 Å². The van der Waals surface area contributed by atoms with Gasteiger partial charge in [0.25, 0.3) is 0 Å². The predicted octanol–water partition coefficient (Wildman–Crippen LogP) is 5.07. The van der Waals surface area contributed by atoms with Crippen molar-refractivity contribution < 1.29 is 9.59 Å². The first-order chi connectivity index (χ1) is 15.5. The number of aryl methyl sites for hydroxylation is 1. The van der Waals surface area contributed by atoms with Gasteiger partial charge in [-0.2, -0.15) is 0 Å². The molecule has 3 aromatic carbocycles. The molecule has 0 bridgehead atoms. The molecule has 3 aromatic rings. The van der Waals surface area contributed by atoms with E-state index in [4.69, 9.17) is 0 Å². The molecule has 0 spiro atoms. The molecule has 1 N–H and O–H groups in total. The molecule has 0 heterocycles. The molecule has 0 aromatic heterocycles. The molecule has 1 atom stereocenters. The van der Waals surface area contributed by atoms with E-state index in [1.165, 1.54) is 0 Å². The van der Waals surface area contributed by atoms with Gasteiger partial charge in [0.05, 0.1) is 0 Å². The molecule has 0 saturated carbocycles. The van der Waals surface area contributed by atoms with Crippen LogP contribution in [0.15, 0.2) is 84.9 Å². The van der Waals surface area contributed by atoms with Crippen LogP contribution in [0.1, 0.15) is 47.9 Å². The second-order valence-corrected chi connectivity index (χ2v) is 8.06. The van der Waals surface area contributed by atoms with Gasteiger partial charge >= 0.3 is 0 Å². The quantitative estimate of drug-likeness (QED) is 0.517. The smallest absolute Gasteiger partial charge is 0.242 e.